The van der Waals surface area contributed by atoms with Crippen LogP contribution in [0.5, 0.6) is 11.5 Å². The molecule has 1 amide bonds. The molecule has 37 heavy (non-hydrogen) atoms. The third kappa shape index (κ3) is 3.15. The van der Waals surface area contributed by atoms with E-state index < -0.39 is 17.1 Å². The van der Waals surface area contributed by atoms with Crippen LogP contribution in [-0.2, 0) is 23.1 Å². The Morgan fingerprint density at radius 2 is 2.05 bits per heavy atom. The molecule has 2 aliphatic heterocycles. The van der Waals surface area contributed by atoms with E-state index in [1.165, 1.54) is 11.1 Å². The summed E-state index contributed by atoms with van der Waals surface area (Å²) in [6.45, 7) is 4.17. The first kappa shape index (κ1) is 24.3. The number of rotatable bonds is 4. The number of nitrogens with zero attached hydrogens (tertiary/aromatic N) is 3. The number of carbonyl (C=O) groups is 1. The quantitative estimate of drug-likeness (QED) is 0.668. The molecule has 2 aliphatic carbocycles. The van der Waals surface area contributed by atoms with Crippen molar-refractivity contribution in [3.63, 3.8) is 0 Å². The highest BCUT2D eigenvalue weighted by Crippen LogP contribution is 2.66. The van der Waals surface area contributed by atoms with Crippen LogP contribution in [0.4, 0.5) is 0 Å². The van der Waals surface area contributed by atoms with Crippen molar-refractivity contribution in [1.29, 1.82) is 5.26 Å². The predicted octanol–water partition coefficient (Wildman–Crippen LogP) is 3.14. The molecule has 4 aliphatic rings. The summed E-state index contributed by atoms with van der Waals surface area (Å²) < 4.78 is 6.55. The zero-order valence-corrected chi connectivity index (χ0v) is 22.0. The SMILES string of the molecule is Cc1ccc(CCC(=O)N(C)C2CC[C@@]3(O)[C@H]4Cc5ccc(O)c6c5[C@@]3(CC(C#N)N4C)C2O6)cc1C. The minimum absolute atomic E-state index is 0.0335. The monoisotopic (exact) mass is 501 g/mol. The number of phenolic OH excluding ortho intramolecular Hbond substituents is 1. The van der Waals surface area contributed by atoms with Gasteiger partial charge in [-0.1, -0.05) is 24.3 Å². The predicted molar refractivity (Wildman–Crippen MR) is 138 cm³/mol. The van der Waals surface area contributed by atoms with Gasteiger partial charge in [-0.05, 0) is 81.3 Å². The first-order valence-electron chi connectivity index (χ1n) is 13.3. The highest BCUT2D eigenvalue weighted by molar-refractivity contribution is 5.77. The van der Waals surface area contributed by atoms with E-state index in [2.05, 4.69) is 38.1 Å². The maximum Gasteiger partial charge on any atom is 0.223 e. The molecule has 1 saturated heterocycles. The molecule has 2 N–H and O–H groups in total. The van der Waals surface area contributed by atoms with E-state index in [0.29, 0.717) is 44.3 Å². The Morgan fingerprint density at radius 3 is 2.78 bits per heavy atom. The van der Waals surface area contributed by atoms with E-state index in [9.17, 15) is 20.3 Å². The van der Waals surface area contributed by atoms with Crippen LogP contribution in [0, 0.1) is 25.2 Å². The molecule has 2 aromatic rings. The Balaban J connectivity index is 1.35. The fourth-order valence-corrected chi connectivity index (χ4v) is 7.86. The molecule has 2 heterocycles. The molecule has 6 atom stereocenters. The normalized spacial score (nSPS) is 33.3. The van der Waals surface area contributed by atoms with Crippen molar-refractivity contribution in [2.24, 2.45) is 0 Å². The summed E-state index contributed by atoms with van der Waals surface area (Å²) in [7, 11) is 3.76. The van der Waals surface area contributed by atoms with Crippen molar-refractivity contribution in [3.8, 4) is 17.6 Å². The van der Waals surface area contributed by atoms with E-state index in [4.69, 9.17) is 4.74 Å². The van der Waals surface area contributed by atoms with Gasteiger partial charge in [-0.25, -0.2) is 0 Å². The van der Waals surface area contributed by atoms with Crippen LogP contribution in [-0.4, -0.2) is 69.8 Å². The van der Waals surface area contributed by atoms with Crippen LogP contribution < -0.4 is 4.74 Å². The van der Waals surface area contributed by atoms with E-state index in [-0.39, 0.29) is 29.8 Å². The standard InChI is InChI=1S/C30H35N3O4/c1-17-5-6-19(13-18(17)2)7-10-25(35)33(4)22-11-12-30(36)24-14-20-8-9-23(34)27-26(20)29(30,28(22)37-27)15-21(16-31)32(24)3/h5-6,8-9,13,21-22,24,28,34,36H,7,10-12,14-15H2,1-4H3/t21?,22?,24-,28?,29+,30-/m1/s1. The maximum atomic E-state index is 13.5. The number of piperidine rings is 1. The number of amides is 1. The number of aliphatic hydroxyl groups is 1. The van der Waals surface area contributed by atoms with Gasteiger partial charge in [0.15, 0.2) is 11.5 Å². The Labute approximate surface area is 218 Å². The molecule has 7 nitrogen and oxygen atoms in total. The van der Waals surface area contributed by atoms with Gasteiger partial charge in [0.2, 0.25) is 5.91 Å². The Kier molecular flexibility index (Phi) is 5.38. The number of aryl methyl sites for hydroxylation is 3. The molecule has 3 unspecified atom stereocenters. The zero-order valence-electron chi connectivity index (χ0n) is 22.0. The van der Waals surface area contributed by atoms with Crippen molar-refractivity contribution in [3.05, 3.63) is 58.1 Å². The van der Waals surface area contributed by atoms with Gasteiger partial charge >= 0.3 is 0 Å². The molecule has 2 bridgehead atoms. The number of benzene rings is 2. The van der Waals surface area contributed by atoms with Crippen molar-refractivity contribution in [1.82, 2.24) is 9.80 Å². The Morgan fingerprint density at radius 1 is 1.27 bits per heavy atom. The van der Waals surface area contributed by atoms with E-state index in [1.54, 1.807) is 11.0 Å². The topological polar surface area (TPSA) is 97.0 Å². The Bertz CT molecular complexity index is 1330. The highest BCUT2D eigenvalue weighted by atomic mass is 16.5. The summed E-state index contributed by atoms with van der Waals surface area (Å²) in [6, 6.07) is 11.5. The number of hydrogen-bond acceptors (Lipinski definition) is 6. The molecule has 0 radical (unpaired) electrons. The summed E-state index contributed by atoms with van der Waals surface area (Å²) >= 11 is 0. The molecule has 1 spiro atoms. The van der Waals surface area contributed by atoms with Crippen LogP contribution in [0.2, 0.25) is 0 Å². The molecule has 2 aromatic carbocycles. The van der Waals surface area contributed by atoms with Crippen molar-refractivity contribution in [2.75, 3.05) is 14.1 Å². The van der Waals surface area contributed by atoms with Crippen molar-refractivity contribution < 1.29 is 19.7 Å². The minimum atomic E-state index is -1.11. The lowest BCUT2D eigenvalue weighted by molar-refractivity contribution is -0.203. The number of ether oxygens (including phenoxy) is 1. The van der Waals surface area contributed by atoms with Gasteiger partial charge in [-0.2, -0.15) is 5.26 Å². The summed E-state index contributed by atoms with van der Waals surface area (Å²) in [5, 5.41) is 33.2. The van der Waals surface area contributed by atoms with Gasteiger partial charge in [0.05, 0.1) is 29.2 Å². The second kappa shape index (κ2) is 8.21. The molecule has 7 heteroatoms. The third-order valence-corrected chi connectivity index (χ3v) is 10.0. The van der Waals surface area contributed by atoms with Crippen molar-refractivity contribution in [2.45, 2.75) is 87.6 Å². The number of hydrogen-bond donors (Lipinski definition) is 2. The van der Waals surface area contributed by atoms with E-state index in [1.807, 2.05) is 25.1 Å². The summed E-state index contributed by atoms with van der Waals surface area (Å²) in [5.41, 5.74) is 3.55. The van der Waals surface area contributed by atoms with E-state index >= 15 is 0 Å². The average molecular weight is 502 g/mol. The second-order valence-corrected chi connectivity index (χ2v) is 11.6. The lowest BCUT2D eigenvalue weighted by Gasteiger charge is -2.65. The largest absolute Gasteiger partial charge is 0.504 e. The van der Waals surface area contributed by atoms with Crippen LogP contribution >= 0.6 is 0 Å². The molecule has 194 valence electrons. The zero-order chi connectivity index (χ0) is 26.3. The van der Waals surface area contributed by atoms with Crippen LogP contribution in [0.1, 0.15) is 53.5 Å². The van der Waals surface area contributed by atoms with Crippen molar-refractivity contribution >= 4 is 5.91 Å². The molecule has 1 saturated carbocycles. The molecule has 2 fully saturated rings. The molecular formula is C30H35N3O4. The lowest BCUT2D eigenvalue weighted by atomic mass is 9.47. The summed E-state index contributed by atoms with van der Waals surface area (Å²) in [6.07, 6.45) is 2.62. The van der Waals surface area contributed by atoms with E-state index in [0.717, 1.165) is 16.7 Å². The first-order valence-corrected chi connectivity index (χ1v) is 13.3. The maximum absolute atomic E-state index is 13.5. The third-order valence-electron chi connectivity index (χ3n) is 10.0. The van der Waals surface area contributed by atoms with Crippen LogP contribution in [0.25, 0.3) is 0 Å². The lowest BCUT2D eigenvalue weighted by Crippen LogP contribution is -2.79. The van der Waals surface area contributed by atoms with Gasteiger partial charge in [-0.15, -0.1) is 0 Å². The minimum Gasteiger partial charge on any atom is -0.504 e. The van der Waals surface area contributed by atoms with Crippen LogP contribution in [0.15, 0.2) is 30.3 Å². The van der Waals surface area contributed by atoms with Gasteiger partial charge in [-0.3, -0.25) is 9.69 Å². The Hall–Kier alpha value is -3.08. The number of likely N-dealkylation sites (tertiary alicyclic amines) is 1. The highest BCUT2D eigenvalue weighted by Gasteiger charge is 2.74. The average Bonchev–Trinajstić information content (AvgIpc) is 3.23. The summed E-state index contributed by atoms with van der Waals surface area (Å²) in [4.78, 5) is 17.3. The van der Waals surface area contributed by atoms with Gasteiger partial charge in [0.25, 0.3) is 0 Å². The molecular weight excluding hydrogens is 466 g/mol. The fourth-order valence-electron chi connectivity index (χ4n) is 7.86. The van der Waals surface area contributed by atoms with Gasteiger partial charge < -0.3 is 19.8 Å². The summed E-state index contributed by atoms with van der Waals surface area (Å²) in [5.74, 6) is 0.507. The second-order valence-electron chi connectivity index (χ2n) is 11.6. The van der Waals surface area contributed by atoms with Gasteiger partial charge in [0.1, 0.15) is 6.10 Å². The van der Waals surface area contributed by atoms with Gasteiger partial charge in [0, 0.05) is 25.1 Å². The number of nitriles is 1. The fraction of sp³-hybridized carbons (Fsp3) is 0.533. The smallest absolute Gasteiger partial charge is 0.223 e. The number of likely N-dealkylation sites (N-methyl/N-ethyl adjacent to an activating group) is 2. The number of carbonyl (C=O) groups excluding carboxylic acids is 1. The molecule has 0 aromatic heterocycles. The molecule has 6 rings (SSSR count). The van der Waals surface area contributed by atoms with Crippen LogP contribution in [0.3, 0.4) is 0 Å². The first-order chi connectivity index (χ1) is 17.6. The number of phenols is 1. The number of aromatic hydroxyl groups is 1.